The summed E-state index contributed by atoms with van der Waals surface area (Å²) in [6, 6.07) is 8.25. The number of nitrogens with one attached hydrogen (secondary N) is 1. The summed E-state index contributed by atoms with van der Waals surface area (Å²) < 4.78 is 5.61. The highest BCUT2D eigenvalue weighted by atomic mass is 16.5. The second kappa shape index (κ2) is 7.88. The molecule has 6 heteroatoms. The van der Waals surface area contributed by atoms with Gasteiger partial charge in [-0.25, -0.2) is 4.98 Å². The Labute approximate surface area is 140 Å². The van der Waals surface area contributed by atoms with Gasteiger partial charge in [0.05, 0.1) is 12.1 Å². The maximum absolute atomic E-state index is 11.0. The zero-order valence-electron chi connectivity index (χ0n) is 13.4. The van der Waals surface area contributed by atoms with Crippen molar-refractivity contribution in [3.8, 4) is 11.6 Å². The Bertz CT molecular complexity index is 653. The number of nitrogens with zero attached hydrogens (tertiary/aromatic N) is 2. The van der Waals surface area contributed by atoms with Gasteiger partial charge in [0.1, 0.15) is 5.75 Å². The van der Waals surface area contributed by atoms with Crippen molar-refractivity contribution in [2.45, 2.75) is 38.3 Å². The van der Waals surface area contributed by atoms with Crippen LogP contribution in [0.25, 0.3) is 0 Å². The third-order valence-corrected chi connectivity index (χ3v) is 4.36. The van der Waals surface area contributed by atoms with Gasteiger partial charge in [-0.3, -0.25) is 9.78 Å². The quantitative estimate of drug-likeness (QED) is 0.848. The van der Waals surface area contributed by atoms with Crippen LogP contribution in [0.1, 0.15) is 31.2 Å². The van der Waals surface area contributed by atoms with Crippen LogP contribution < -0.4 is 10.1 Å². The summed E-state index contributed by atoms with van der Waals surface area (Å²) >= 11 is 0. The Morgan fingerprint density at radius 1 is 1.17 bits per heavy atom. The second-order valence-corrected chi connectivity index (χ2v) is 6.06. The number of rotatable bonds is 6. The molecule has 1 saturated carbocycles. The molecular formula is C18H21N3O3. The Hall–Kier alpha value is -2.47. The molecule has 2 aromatic rings. The third-order valence-electron chi connectivity index (χ3n) is 4.36. The minimum absolute atomic E-state index is 0.166. The van der Waals surface area contributed by atoms with E-state index in [0.29, 0.717) is 11.9 Å². The van der Waals surface area contributed by atoms with Crippen molar-refractivity contribution >= 4 is 5.97 Å². The van der Waals surface area contributed by atoms with Crippen molar-refractivity contribution in [1.29, 1.82) is 0 Å². The molecule has 0 atom stereocenters. The minimum atomic E-state index is -0.660. The molecule has 1 aromatic heterocycles. The molecule has 0 aliphatic heterocycles. The molecule has 0 radical (unpaired) electrons. The lowest BCUT2D eigenvalue weighted by atomic mass is 9.86. The number of aliphatic carboxylic acids is 1. The molecule has 2 N–H and O–H groups in total. The van der Waals surface area contributed by atoms with Gasteiger partial charge in [-0.15, -0.1) is 0 Å². The van der Waals surface area contributed by atoms with E-state index in [2.05, 4.69) is 15.3 Å². The molecule has 1 aliphatic carbocycles. The van der Waals surface area contributed by atoms with Gasteiger partial charge in [-0.1, -0.05) is 12.1 Å². The predicted octanol–water partition coefficient (Wildman–Crippen LogP) is 3.00. The van der Waals surface area contributed by atoms with Crippen LogP contribution in [-0.4, -0.2) is 27.1 Å². The highest BCUT2D eigenvalue weighted by Crippen LogP contribution is 2.25. The van der Waals surface area contributed by atoms with Crippen molar-refractivity contribution < 1.29 is 14.6 Å². The van der Waals surface area contributed by atoms with Gasteiger partial charge in [0.25, 0.3) is 0 Å². The molecule has 24 heavy (non-hydrogen) atoms. The molecule has 3 rings (SSSR count). The molecule has 1 fully saturated rings. The van der Waals surface area contributed by atoms with Crippen molar-refractivity contribution in [2.75, 3.05) is 0 Å². The number of hydrogen-bond acceptors (Lipinski definition) is 5. The van der Waals surface area contributed by atoms with E-state index < -0.39 is 5.97 Å². The number of aromatic nitrogens is 2. The van der Waals surface area contributed by atoms with E-state index in [-0.39, 0.29) is 5.92 Å². The van der Waals surface area contributed by atoms with Gasteiger partial charge in [0, 0.05) is 25.0 Å². The summed E-state index contributed by atoms with van der Waals surface area (Å²) in [6.45, 7) is 0.772. The lowest BCUT2D eigenvalue weighted by Gasteiger charge is -2.27. The van der Waals surface area contributed by atoms with Gasteiger partial charge in [-0.05, 0) is 43.4 Å². The van der Waals surface area contributed by atoms with Crippen molar-refractivity contribution in [3.63, 3.8) is 0 Å². The fraction of sp³-hybridized carbons (Fsp3) is 0.389. The molecule has 0 saturated heterocycles. The molecule has 126 valence electrons. The zero-order valence-corrected chi connectivity index (χ0v) is 13.4. The van der Waals surface area contributed by atoms with E-state index in [9.17, 15) is 4.79 Å². The SMILES string of the molecule is O=C(O)C1CCC(NCc2ccc(Oc3cnccn3)cc2)CC1. The Morgan fingerprint density at radius 3 is 2.54 bits per heavy atom. The van der Waals surface area contributed by atoms with Crippen LogP contribution in [0.5, 0.6) is 11.6 Å². The van der Waals surface area contributed by atoms with E-state index >= 15 is 0 Å². The minimum Gasteiger partial charge on any atom is -0.481 e. The number of ether oxygens (including phenoxy) is 1. The first-order valence-electron chi connectivity index (χ1n) is 8.20. The summed E-state index contributed by atoms with van der Waals surface area (Å²) in [7, 11) is 0. The average molecular weight is 327 g/mol. The van der Waals surface area contributed by atoms with Crippen molar-refractivity contribution in [1.82, 2.24) is 15.3 Å². The molecule has 1 aliphatic rings. The molecule has 6 nitrogen and oxygen atoms in total. The summed E-state index contributed by atoms with van der Waals surface area (Å²) in [4.78, 5) is 19.0. The first kappa shape index (κ1) is 16.4. The Morgan fingerprint density at radius 2 is 1.92 bits per heavy atom. The van der Waals surface area contributed by atoms with Gasteiger partial charge >= 0.3 is 5.97 Å². The number of carboxylic acid groups (broad SMARTS) is 1. The van der Waals surface area contributed by atoms with Crippen LogP contribution in [0.2, 0.25) is 0 Å². The normalized spacial score (nSPS) is 20.5. The standard InChI is InChI=1S/C18H21N3O3/c22-18(23)14-3-5-15(6-4-14)21-11-13-1-7-16(8-2-13)24-17-12-19-9-10-20-17/h1-2,7-10,12,14-15,21H,3-6,11H2,(H,22,23). The molecule has 0 amide bonds. The molecule has 1 heterocycles. The van der Waals surface area contributed by atoms with Crippen LogP contribution in [0.4, 0.5) is 0 Å². The largest absolute Gasteiger partial charge is 0.481 e. The smallest absolute Gasteiger partial charge is 0.306 e. The van der Waals surface area contributed by atoms with Gasteiger partial charge in [0.15, 0.2) is 0 Å². The highest BCUT2D eigenvalue weighted by Gasteiger charge is 2.25. The molecular weight excluding hydrogens is 306 g/mol. The molecule has 0 unspecified atom stereocenters. The van der Waals surface area contributed by atoms with E-state index in [4.69, 9.17) is 9.84 Å². The van der Waals surface area contributed by atoms with Crippen LogP contribution in [0, 0.1) is 5.92 Å². The van der Waals surface area contributed by atoms with E-state index in [1.165, 1.54) is 5.56 Å². The summed E-state index contributed by atoms with van der Waals surface area (Å²) in [6.07, 6.45) is 8.13. The first-order valence-corrected chi connectivity index (χ1v) is 8.20. The summed E-state index contributed by atoms with van der Waals surface area (Å²) in [5, 5.41) is 12.5. The fourth-order valence-electron chi connectivity index (χ4n) is 2.94. The maximum Gasteiger partial charge on any atom is 0.306 e. The van der Waals surface area contributed by atoms with Crippen LogP contribution in [0.3, 0.4) is 0 Å². The number of carboxylic acids is 1. The number of benzene rings is 1. The molecule has 0 bridgehead atoms. The zero-order chi connectivity index (χ0) is 16.8. The van der Waals surface area contributed by atoms with E-state index in [1.54, 1.807) is 18.6 Å². The van der Waals surface area contributed by atoms with Crippen LogP contribution in [0.15, 0.2) is 42.9 Å². The lowest BCUT2D eigenvalue weighted by Crippen LogP contribution is -2.34. The Kier molecular flexibility index (Phi) is 5.38. The van der Waals surface area contributed by atoms with Gasteiger partial charge < -0.3 is 15.2 Å². The summed E-state index contributed by atoms with van der Waals surface area (Å²) in [5.41, 5.74) is 1.17. The topological polar surface area (TPSA) is 84.3 Å². The molecule has 0 spiro atoms. The predicted molar refractivity (Wildman–Crippen MR) is 88.8 cm³/mol. The lowest BCUT2D eigenvalue weighted by molar-refractivity contribution is -0.142. The van der Waals surface area contributed by atoms with Crippen LogP contribution in [-0.2, 0) is 11.3 Å². The van der Waals surface area contributed by atoms with Gasteiger partial charge in [0.2, 0.25) is 5.88 Å². The van der Waals surface area contributed by atoms with E-state index in [1.807, 2.05) is 24.3 Å². The van der Waals surface area contributed by atoms with Crippen molar-refractivity contribution in [3.05, 3.63) is 48.4 Å². The van der Waals surface area contributed by atoms with Crippen LogP contribution >= 0.6 is 0 Å². The fourth-order valence-corrected chi connectivity index (χ4v) is 2.94. The second-order valence-electron chi connectivity index (χ2n) is 6.06. The first-order chi connectivity index (χ1) is 11.7. The third kappa shape index (κ3) is 4.52. The summed E-state index contributed by atoms with van der Waals surface area (Å²) in [5.74, 6) is 0.368. The maximum atomic E-state index is 11.0. The van der Waals surface area contributed by atoms with Gasteiger partial charge in [-0.2, -0.15) is 0 Å². The van der Waals surface area contributed by atoms with E-state index in [0.717, 1.165) is 38.0 Å². The number of hydrogen-bond donors (Lipinski definition) is 2. The Balaban J connectivity index is 1.46. The monoisotopic (exact) mass is 327 g/mol. The number of carbonyl (C=O) groups is 1. The molecule has 1 aromatic carbocycles. The van der Waals surface area contributed by atoms with Crippen molar-refractivity contribution in [2.24, 2.45) is 5.92 Å². The highest BCUT2D eigenvalue weighted by molar-refractivity contribution is 5.70. The average Bonchev–Trinajstić information content (AvgIpc) is 2.62.